The Bertz CT molecular complexity index is 414. The highest BCUT2D eigenvalue weighted by molar-refractivity contribution is 5.77. The van der Waals surface area contributed by atoms with Crippen LogP contribution in [0.15, 0.2) is 18.2 Å². The van der Waals surface area contributed by atoms with Crippen LogP contribution in [0, 0.1) is 10.1 Å². The van der Waals surface area contributed by atoms with Gasteiger partial charge in [-0.05, 0) is 31.4 Å². The van der Waals surface area contributed by atoms with Crippen LogP contribution in [-0.4, -0.2) is 25.1 Å². The molecule has 5 nitrogen and oxygen atoms in total. The first-order chi connectivity index (χ1) is 8.24. The molecule has 0 amide bonds. The van der Waals surface area contributed by atoms with Crippen molar-refractivity contribution in [2.24, 2.45) is 0 Å². The van der Waals surface area contributed by atoms with E-state index in [4.69, 9.17) is 0 Å². The molecule has 0 aliphatic carbocycles. The predicted octanol–water partition coefficient (Wildman–Crippen LogP) is 2.63. The highest BCUT2D eigenvalue weighted by Gasteiger charge is 2.24. The quantitative estimate of drug-likeness (QED) is 0.646. The molecule has 1 aromatic carbocycles. The van der Waals surface area contributed by atoms with Crippen LogP contribution in [0.4, 0.5) is 17.1 Å². The van der Waals surface area contributed by atoms with Crippen LogP contribution >= 0.6 is 0 Å². The van der Waals surface area contributed by atoms with E-state index in [2.05, 4.69) is 10.2 Å². The largest absolute Gasteiger partial charge is 0.382 e. The molecular formula is C12H17N3O2. The zero-order valence-electron chi connectivity index (χ0n) is 9.98. The fourth-order valence-electron chi connectivity index (χ4n) is 2.31. The van der Waals surface area contributed by atoms with Gasteiger partial charge in [0.05, 0.1) is 4.92 Å². The number of nitro benzene ring substituents is 1. The first-order valence-corrected chi connectivity index (χ1v) is 5.94. The molecule has 0 saturated carbocycles. The van der Waals surface area contributed by atoms with E-state index < -0.39 is 0 Å². The molecule has 1 N–H and O–H groups in total. The van der Waals surface area contributed by atoms with Crippen molar-refractivity contribution in [2.45, 2.75) is 19.3 Å². The topological polar surface area (TPSA) is 58.4 Å². The zero-order chi connectivity index (χ0) is 12.3. The Morgan fingerprint density at radius 1 is 1.29 bits per heavy atom. The number of rotatable bonds is 3. The van der Waals surface area contributed by atoms with E-state index in [0.717, 1.165) is 31.6 Å². The van der Waals surface area contributed by atoms with Crippen LogP contribution in [0.2, 0.25) is 0 Å². The molecule has 0 aromatic heterocycles. The van der Waals surface area contributed by atoms with Crippen LogP contribution in [0.25, 0.3) is 0 Å². The summed E-state index contributed by atoms with van der Waals surface area (Å²) in [4.78, 5) is 13.0. The maximum atomic E-state index is 11.2. The Morgan fingerprint density at radius 3 is 2.59 bits per heavy atom. The number of hydrogen-bond acceptors (Lipinski definition) is 4. The van der Waals surface area contributed by atoms with Crippen molar-refractivity contribution < 1.29 is 4.92 Å². The second-order valence-electron chi connectivity index (χ2n) is 4.23. The minimum absolute atomic E-state index is 0.192. The van der Waals surface area contributed by atoms with Crippen molar-refractivity contribution in [2.75, 3.05) is 30.4 Å². The molecule has 92 valence electrons. The second-order valence-corrected chi connectivity index (χ2v) is 4.23. The first kappa shape index (κ1) is 11.7. The van der Waals surface area contributed by atoms with Crippen molar-refractivity contribution in [3.63, 3.8) is 0 Å². The average molecular weight is 235 g/mol. The number of nitrogens with one attached hydrogen (secondary N) is 1. The van der Waals surface area contributed by atoms with Crippen molar-refractivity contribution >= 4 is 17.1 Å². The van der Waals surface area contributed by atoms with E-state index in [9.17, 15) is 10.1 Å². The lowest BCUT2D eigenvalue weighted by Gasteiger charge is -2.28. The van der Waals surface area contributed by atoms with Gasteiger partial charge in [0.1, 0.15) is 11.4 Å². The fraction of sp³-hybridized carbons (Fsp3) is 0.500. The monoisotopic (exact) mass is 235 g/mol. The maximum Gasteiger partial charge on any atom is 0.315 e. The summed E-state index contributed by atoms with van der Waals surface area (Å²) in [5, 5.41) is 14.1. The standard InChI is InChI=1S/C12H17N3O2/c1-13-10-6-5-7-11(12(10)15(16)17)14-8-3-2-4-9-14/h5-7,13H,2-4,8-9H2,1H3. The van der Waals surface area contributed by atoms with Crippen molar-refractivity contribution in [1.29, 1.82) is 0 Å². The van der Waals surface area contributed by atoms with Gasteiger partial charge >= 0.3 is 5.69 Å². The minimum atomic E-state index is -0.296. The van der Waals surface area contributed by atoms with Gasteiger partial charge in [-0.2, -0.15) is 0 Å². The van der Waals surface area contributed by atoms with Gasteiger partial charge in [0.15, 0.2) is 0 Å². The number of piperidine rings is 1. The lowest BCUT2D eigenvalue weighted by Crippen LogP contribution is -2.30. The fourth-order valence-corrected chi connectivity index (χ4v) is 2.31. The molecule has 2 rings (SSSR count). The third kappa shape index (κ3) is 2.33. The molecule has 17 heavy (non-hydrogen) atoms. The maximum absolute atomic E-state index is 11.2. The Balaban J connectivity index is 2.40. The number of nitro groups is 1. The number of para-hydroxylation sites is 1. The smallest absolute Gasteiger partial charge is 0.315 e. The van der Waals surface area contributed by atoms with Crippen molar-refractivity contribution in [3.8, 4) is 0 Å². The Kier molecular flexibility index (Phi) is 3.46. The summed E-state index contributed by atoms with van der Waals surface area (Å²) in [5.74, 6) is 0. The molecule has 1 aliphatic rings. The summed E-state index contributed by atoms with van der Waals surface area (Å²) in [6.45, 7) is 1.82. The summed E-state index contributed by atoms with van der Waals surface area (Å²) in [6, 6.07) is 5.44. The van der Waals surface area contributed by atoms with Gasteiger partial charge in [-0.3, -0.25) is 10.1 Å². The van der Waals surface area contributed by atoms with E-state index in [0.29, 0.717) is 5.69 Å². The number of hydrogen-bond donors (Lipinski definition) is 1. The van der Waals surface area contributed by atoms with Crippen LogP contribution in [0.1, 0.15) is 19.3 Å². The highest BCUT2D eigenvalue weighted by Crippen LogP contribution is 2.36. The average Bonchev–Trinajstić information content (AvgIpc) is 2.38. The highest BCUT2D eigenvalue weighted by atomic mass is 16.6. The molecule has 1 aromatic rings. The Hall–Kier alpha value is -1.78. The van der Waals surface area contributed by atoms with E-state index in [-0.39, 0.29) is 10.6 Å². The molecule has 0 unspecified atom stereocenters. The van der Waals surface area contributed by atoms with E-state index in [1.807, 2.05) is 12.1 Å². The van der Waals surface area contributed by atoms with Gasteiger partial charge in [-0.25, -0.2) is 0 Å². The van der Waals surface area contributed by atoms with Crippen LogP contribution in [0.5, 0.6) is 0 Å². The van der Waals surface area contributed by atoms with Gasteiger partial charge in [0.2, 0.25) is 0 Å². The minimum Gasteiger partial charge on any atom is -0.382 e. The van der Waals surface area contributed by atoms with Crippen molar-refractivity contribution in [1.82, 2.24) is 0 Å². The van der Waals surface area contributed by atoms with E-state index in [1.54, 1.807) is 13.1 Å². The lowest BCUT2D eigenvalue weighted by molar-refractivity contribution is -0.383. The van der Waals surface area contributed by atoms with E-state index in [1.165, 1.54) is 6.42 Å². The van der Waals surface area contributed by atoms with Crippen LogP contribution < -0.4 is 10.2 Å². The van der Waals surface area contributed by atoms with Gasteiger partial charge < -0.3 is 10.2 Å². The lowest BCUT2D eigenvalue weighted by atomic mass is 10.1. The SMILES string of the molecule is CNc1cccc(N2CCCCC2)c1[N+](=O)[O-]. The van der Waals surface area contributed by atoms with E-state index >= 15 is 0 Å². The molecule has 0 bridgehead atoms. The molecule has 0 atom stereocenters. The van der Waals surface area contributed by atoms with Gasteiger partial charge in [0, 0.05) is 20.1 Å². The van der Waals surface area contributed by atoms with Gasteiger partial charge in [-0.1, -0.05) is 6.07 Å². The summed E-state index contributed by atoms with van der Waals surface area (Å²) in [7, 11) is 1.71. The Labute approximate surface area is 101 Å². The normalized spacial score (nSPS) is 15.7. The third-order valence-electron chi connectivity index (χ3n) is 3.16. The van der Waals surface area contributed by atoms with Gasteiger partial charge in [-0.15, -0.1) is 0 Å². The number of benzene rings is 1. The molecule has 5 heteroatoms. The summed E-state index contributed by atoms with van der Waals surface area (Å²) in [5.41, 5.74) is 1.51. The summed E-state index contributed by atoms with van der Waals surface area (Å²) < 4.78 is 0. The number of anilines is 2. The van der Waals surface area contributed by atoms with Gasteiger partial charge in [0.25, 0.3) is 0 Å². The Morgan fingerprint density at radius 2 is 2.00 bits per heavy atom. The third-order valence-corrected chi connectivity index (χ3v) is 3.16. The predicted molar refractivity (Wildman–Crippen MR) is 68.7 cm³/mol. The molecule has 0 radical (unpaired) electrons. The summed E-state index contributed by atoms with van der Waals surface area (Å²) >= 11 is 0. The second kappa shape index (κ2) is 5.03. The van der Waals surface area contributed by atoms with Crippen LogP contribution in [0.3, 0.4) is 0 Å². The molecular weight excluding hydrogens is 218 g/mol. The number of nitrogens with zero attached hydrogens (tertiary/aromatic N) is 2. The molecule has 0 spiro atoms. The zero-order valence-corrected chi connectivity index (χ0v) is 9.98. The first-order valence-electron chi connectivity index (χ1n) is 5.94. The van der Waals surface area contributed by atoms with Crippen molar-refractivity contribution in [3.05, 3.63) is 28.3 Å². The molecule has 1 saturated heterocycles. The van der Waals surface area contributed by atoms with Crippen LogP contribution in [-0.2, 0) is 0 Å². The molecule has 1 aliphatic heterocycles. The molecule has 1 heterocycles. The molecule has 1 fully saturated rings. The summed E-state index contributed by atoms with van der Waals surface area (Å²) in [6.07, 6.45) is 3.44.